The number of nitrogens with zero attached hydrogens (tertiary/aromatic N) is 1. The Labute approximate surface area is 98.4 Å². The van der Waals surface area contributed by atoms with Crippen LogP contribution in [0.2, 0.25) is 0 Å². The van der Waals surface area contributed by atoms with Crippen molar-refractivity contribution in [2.24, 2.45) is 0 Å². The minimum atomic E-state index is 0.430. The summed E-state index contributed by atoms with van der Waals surface area (Å²) in [7, 11) is 5.82. The van der Waals surface area contributed by atoms with Gasteiger partial charge in [0.2, 0.25) is 0 Å². The van der Waals surface area contributed by atoms with Crippen LogP contribution < -0.4 is 10.1 Å². The van der Waals surface area contributed by atoms with Crippen LogP contribution in [-0.2, 0) is 0 Å². The summed E-state index contributed by atoms with van der Waals surface area (Å²) in [6.07, 6.45) is 0. The highest BCUT2D eigenvalue weighted by Crippen LogP contribution is 2.20. The first-order chi connectivity index (χ1) is 7.69. The molecule has 0 aromatic heterocycles. The summed E-state index contributed by atoms with van der Waals surface area (Å²) < 4.78 is 5.15. The van der Waals surface area contributed by atoms with Gasteiger partial charge in [-0.2, -0.15) is 0 Å². The standard InChI is InChI=1S/C13H22N2O/c1-11(15(3)10-9-14-2)12-5-7-13(16-4)8-6-12/h5-8,11,14H,9-10H2,1-4H3. The summed E-state index contributed by atoms with van der Waals surface area (Å²) in [6, 6.07) is 8.70. The van der Waals surface area contributed by atoms with E-state index in [4.69, 9.17) is 4.74 Å². The maximum Gasteiger partial charge on any atom is 0.118 e. The zero-order valence-electron chi connectivity index (χ0n) is 10.7. The lowest BCUT2D eigenvalue weighted by molar-refractivity contribution is 0.263. The SMILES string of the molecule is CNCCN(C)C(C)c1ccc(OC)cc1. The molecule has 0 amide bonds. The second-order valence-corrected chi connectivity index (χ2v) is 4.03. The zero-order valence-corrected chi connectivity index (χ0v) is 10.7. The minimum Gasteiger partial charge on any atom is -0.497 e. The topological polar surface area (TPSA) is 24.5 Å². The molecule has 1 N–H and O–H groups in total. The maximum atomic E-state index is 5.15. The summed E-state index contributed by atoms with van der Waals surface area (Å²) in [5.41, 5.74) is 1.32. The van der Waals surface area contributed by atoms with Gasteiger partial charge in [0, 0.05) is 19.1 Å². The first kappa shape index (κ1) is 13.0. The third kappa shape index (κ3) is 3.51. The lowest BCUT2D eigenvalue weighted by atomic mass is 10.1. The molecule has 3 heteroatoms. The van der Waals surface area contributed by atoms with Crippen LogP contribution in [0.3, 0.4) is 0 Å². The first-order valence-electron chi connectivity index (χ1n) is 5.67. The van der Waals surface area contributed by atoms with Gasteiger partial charge in [0.15, 0.2) is 0 Å². The van der Waals surface area contributed by atoms with E-state index in [0.29, 0.717) is 6.04 Å². The van der Waals surface area contributed by atoms with Gasteiger partial charge >= 0.3 is 0 Å². The Hall–Kier alpha value is -1.06. The fourth-order valence-electron chi connectivity index (χ4n) is 1.62. The number of benzene rings is 1. The molecule has 0 aliphatic rings. The van der Waals surface area contributed by atoms with E-state index in [2.05, 4.69) is 36.3 Å². The molecule has 0 spiro atoms. The molecule has 1 rings (SSSR count). The molecule has 0 bridgehead atoms. The molecule has 1 unspecified atom stereocenters. The molecule has 0 fully saturated rings. The van der Waals surface area contributed by atoms with Gasteiger partial charge in [-0.15, -0.1) is 0 Å². The van der Waals surface area contributed by atoms with Crippen LogP contribution in [0.5, 0.6) is 5.75 Å². The fourth-order valence-corrected chi connectivity index (χ4v) is 1.62. The summed E-state index contributed by atoms with van der Waals surface area (Å²) in [5.74, 6) is 0.911. The molecule has 0 radical (unpaired) electrons. The van der Waals surface area contributed by atoms with Crippen LogP contribution in [0, 0.1) is 0 Å². The maximum absolute atomic E-state index is 5.15. The molecular weight excluding hydrogens is 200 g/mol. The molecule has 3 nitrogen and oxygen atoms in total. The molecule has 0 saturated carbocycles. The van der Waals surface area contributed by atoms with Crippen molar-refractivity contribution in [2.45, 2.75) is 13.0 Å². The van der Waals surface area contributed by atoms with E-state index in [0.717, 1.165) is 18.8 Å². The highest BCUT2D eigenvalue weighted by atomic mass is 16.5. The number of hydrogen-bond acceptors (Lipinski definition) is 3. The molecule has 90 valence electrons. The first-order valence-corrected chi connectivity index (χ1v) is 5.67. The molecule has 0 saturated heterocycles. The quantitative estimate of drug-likeness (QED) is 0.795. The second-order valence-electron chi connectivity index (χ2n) is 4.03. The Morgan fingerprint density at radius 3 is 2.44 bits per heavy atom. The van der Waals surface area contributed by atoms with Crippen molar-refractivity contribution in [2.75, 3.05) is 34.3 Å². The smallest absolute Gasteiger partial charge is 0.118 e. The number of likely N-dealkylation sites (N-methyl/N-ethyl adjacent to an activating group) is 2. The third-order valence-corrected chi connectivity index (χ3v) is 2.97. The summed E-state index contributed by atoms with van der Waals surface area (Å²) >= 11 is 0. The fraction of sp³-hybridized carbons (Fsp3) is 0.538. The lowest BCUT2D eigenvalue weighted by Crippen LogP contribution is -2.29. The second kappa shape index (κ2) is 6.51. The molecule has 0 aliphatic carbocycles. The van der Waals surface area contributed by atoms with Crippen molar-refractivity contribution in [3.05, 3.63) is 29.8 Å². The van der Waals surface area contributed by atoms with Gasteiger partial charge in [-0.3, -0.25) is 4.90 Å². The Balaban J connectivity index is 2.60. The average molecular weight is 222 g/mol. The summed E-state index contributed by atoms with van der Waals surface area (Å²) in [6.45, 7) is 4.28. The van der Waals surface area contributed by atoms with E-state index in [1.54, 1.807) is 7.11 Å². The van der Waals surface area contributed by atoms with Crippen LogP contribution in [0.25, 0.3) is 0 Å². The summed E-state index contributed by atoms with van der Waals surface area (Å²) in [5, 5.41) is 3.16. The van der Waals surface area contributed by atoms with Gasteiger partial charge < -0.3 is 10.1 Å². The monoisotopic (exact) mass is 222 g/mol. The number of hydrogen-bond donors (Lipinski definition) is 1. The van der Waals surface area contributed by atoms with E-state index in [-0.39, 0.29) is 0 Å². The lowest BCUT2D eigenvalue weighted by Gasteiger charge is -2.25. The number of rotatable bonds is 6. The van der Waals surface area contributed by atoms with Gasteiger partial charge in [-0.25, -0.2) is 0 Å². The predicted octanol–water partition coefficient (Wildman–Crippen LogP) is 1.91. The van der Waals surface area contributed by atoms with E-state index < -0.39 is 0 Å². The summed E-state index contributed by atoms with van der Waals surface area (Å²) in [4.78, 5) is 2.33. The van der Waals surface area contributed by atoms with E-state index in [9.17, 15) is 0 Å². The highest BCUT2D eigenvalue weighted by Gasteiger charge is 2.10. The van der Waals surface area contributed by atoms with Crippen LogP contribution in [0.15, 0.2) is 24.3 Å². The Morgan fingerprint density at radius 2 is 1.94 bits per heavy atom. The molecular formula is C13H22N2O. The van der Waals surface area contributed by atoms with Crippen LogP contribution in [0.1, 0.15) is 18.5 Å². The van der Waals surface area contributed by atoms with Crippen LogP contribution in [0.4, 0.5) is 0 Å². The van der Waals surface area contributed by atoms with Gasteiger partial charge in [-0.1, -0.05) is 12.1 Å². The average Bonchev–Trinajstić information content (AvgIpc) is 2.35. The van der Waals surface area contributed by atoms with Crippen molar-refractivity contribution in [1.29, 1.82) is 0 Å². The largest absolute Gasteiger partial charge is 0.497 e. The highest BCUT2D eigenvalue weighted by molar-refractivity contribution is 5.28. The third-order valence-electron chi connectivity index (χ3n) is 2.97. The van der Waals surface area contributed by atoms with Gasteiger partial charge in [0.05, 0.1) is 7.11 Å². The van der Waals surface area contributed by atoms with Gasteiger partial charge in [0.1, 0.15) is 5.75 Å². The van der Waals surface area contributed by atoms with Crippen molar-refractivity contribution in [3.8, 4) is 5.75 Å². The number of methoxy groups -OCH3 is 1. The molecule has 0 aliphatic heterocycles. The van der Waals surface area contributed by atoms with Crippen molar-refractivity contribution in [3.63, 3.8) is 0 Å². The minimum absolute atomic E-state index is 0.430. The molecule has 1 aromatic rings. The zero-order chi connectivity index (χ0) is 12.0. The van der Waals surface area contributed by atoms with Gasteiger partial charge in [-0.05, 0) is 38.7 Å². The van der Waals surface area contributed by atoms with Crippen molar-refractivity contribution in [1.82, 2.24) is 10.2 Å². The van der Waals surface area contributed by atoms with Crippen LogP contribution in [-0.4, -0.2) is 39.2 Å². The van der Waals surface area contributed by atoms with Crippen molar-refractivity contribution < 1.29 is 4.74 Å². The number of ether oxygens (including phenoxy) is 1. The Bertz CT molecular complexity index is 297. The molecule has 1 atom stereocenters. The Morgan fingerprint density at radius 1 is 1.31 bits per heavy atom. The van der Waals surface area contributed by atoms with Gasteiger partial charge in [0.25, 0.3) is 0 Å². The van der Waals surface area contributed by atoms with Crippen LogP contribution >= 0.6 is 0 Å². The van der Waals surface area contributed by atoms with Crippen molar-refractivity contribution >= 4 is 0 Å². The molecule has 1 aromatic carbocycles. The van der Waals surface area contributed by atoms with E-state index in [1.807, 2.05) is 19.2 Å². The Kier molecular flexibility index (Phi) is 5.29. The van der Waals surface area contributed by atoms with E-state index in [1.165, 1.54) is 5.56 Å². The normalized spacial score (nSPS) is 12.8. The predicted molar refractivity (Wildman–Crippen MR) is 68.0 cm³/mol. The van der Waals surface area contributed by atoms with E-state index >= 15 is 0 Å². The number of nitrogens with one attached hydrogen (secondary N) is 1. The molecule has 0 heterocycles. The molecule has 16 heavy (non-hydrogen) atoms.